The van der Waals surface area contributed by atoms with Crippen molar-refractivity contribution < 1.29 is 12.6 Å². The highest BCUT2D eigenvalue weighted by Crippen LogP contribution is 2.16. The first kappa shape index (κ1) is 12.3. The Balaban J connectivity index is 2.28. The summed E-state index contributed by atoms with van der Waals surface area (Å²) in [6.45, 7) is 3.60. The highest BCUT2D eigenvalue weighted by atomic mass is 32.2. The Morgan fingerprint density at radius 2 is 1.83 bits per heavy atom. The van der Waals surface area contributed by atoms with Gasteiger partial charge in [-0.15, -0.1) is 0 Å². The van der Waals surface area contributed by atoms with Crippen LogP contribution in [-0.2, 0) is 10.1 Å². The van der Waals surface area contributed by atoms with Crippen LogP contribution >= 0.6 is 0 Å². The Morgan fingerprint density at radius 3 is 2.39 bits per heavy atom. The number of hydrogen-bond donors (Lipinski definition) is 0. The van der Waals surface area contributed by atoms with Crippen molar-refractivity contribution in [2.24, 2.45) is 0 Å². The fourth-order valence-electron chi connectivity index (χ4n) is 1.33. The zero-order chi connectivity index (χ0) is 13.0. The second-order valence-corrected chi connectivity index (χ2v) is 5.02. The molecule has 1 aromatic heterocycles. The molecule has 18 heavy (non-hydrogen) atoms. The molecule has 1 aromatic carbocycles. The third-order valence-electron chi connectivity index (χ3n) is 2.24. The summed E-state index contributed by atoms with van der Waals surface area (Å²) in [6.07, 6.45) is 3.10. The fraction of sp³-hybridized carbons (Fsp3) is 0. The van der Waals surface area contributed by atoms with Crippen molar-refractivity contribution in [2.75, 3.05) is 0 Å². The van der Waals surface area contributed by atoms with E-state index in [-0.39, 0.29) is 10.8 Å². The number of hydrogen-bond acceptors (Lipinski definition) is 4. The lowest BCUT2D eigenvalue weighted by atomic mass is 10.2. The Hall–Kier alpha value is -2.14. The minimum Gasteiger partial charge on any atom is -0.358 e. The summed E-state index contributed by atoms with van der Waals surface area (Å²) in [4.78, 5) is 3.89. The zero-order valence-electron chi connectivity index (χ0n) is 9.48. The van der Waals surface area contributed by atoms with E-state index in [0.29, 0.717) is 0 Å². The van der Waals surface area contributed by atoms with Crippen molar-refractivity contribution >= 4 is 16.2 Å². The van der Waals surface area contributed by atoms with Crippen LogP contribution in [0, 0.1) is 0 Å². The normalized spacial score (nSPS) is 10.9. The van der Waals surface area contributed by atoms with Crippen molar-refractivity contribution in [3.05, 3.63) is 60.8 Å². The summed E-state index contributed by atoms with van der Waals surface area (Å²) in [5.74, 6) is 0.0466. The number of benzene rings is 1. The van der Waals surface area contributed by atoms with Gasteiger partial charge in [0.25, 0.3) is 0 Å². The number of aromatic nitrogens is 1. The predicted octanol–water partition coefficient (Wildman–Crippen LogP) is 2.49. The number of nitrogens with zero attached hydrogens (tertiary/aromatic N) is 1. The Labute approximate surface area is 106 Å². The van der Waals surface area contributed by atoms with E-state index in [9.17, 15) is 8.42 Å². The van der Waals surface area contributed by atoms with E-state index in [1.807, 2.05) is 0 Å². The summed E-state index contributed by atoms with van der Waals surface area (Å²) in [7, 11) is -3.84. The SMILES string of the molecule is C=Cc1ccc(S(=O)(=O)Oc2ccccn2)cc1. The van der Waals surface area contributed by atoms with Crippen LogP contribution in [0.5, 0.6) is 5.88 Å². The molecule has 0 bridgehead atoms. The van der Waals surface area contributed by atoms with Gasteiger partial charge in [0.1, 0.15) is 4.90 Å². The summed E-state index contributed by atoms with van der Waals surface area (Å²) >= 11 is 0. The molecular weight excluding hydrogens is 250 g/mol. The van der Waals surface area contributed by atoms with Crippen LogP contribution in [0.1, 0.15) is 5.56 Å². The van der Waals surface area contributed by atoms with E-state index >= 15 is 0 Å². The van der Waals surface area contributed by atoms with Crippen LogP contribution in [0.2, 0.25) is 0 Å². The molecule has 92 valence electrons. The Morgan fingerprint density at radius 1 is 1.11 bits per heavy atom. The number of rotatable bonds is 4. The first-order valence-corrected chi connectivity index (χ1v) is 6.61. The average Bonchev–Trinajstić information content (AvgIpc) is 2.39. The molecule has 0 amide bonds. The summed E-state index contributed by atoms with van der Waals surface area (Å²) in [5.41, 5.74) is 0.840. The van der Waals surface area contributed by atoms with E-state index in [2.05, 4.69) is 11.6 Å². The maximum Gasteiger partial charge on any atom is 0.340 e. The molecule has 4 nitrogen and oxygen atoms in total. The molecule has 0 unspecified atom stereocenters. The molecule has 1 heterocycles. The van der Waals surface area contributed by atoms with Gasteiger partial charge in [0, 0.05) is 12.3 Å². The van der Waals surface area contributed by atoms with Crippen molar-refractivity contribution in [3.8, 4) is 5.88 Å². The van der Waals surface area contributed by atoms with Gasteiger partial charge in [-0.1, -0.05) is 30.9 Å². The molecule has 0 aliphatic rings. The molecule has 0 saturated carbocycles. The first-order chi connectivity index (χ1) is 8.62. The molecule has 2 rings (SSSR count). The first-order valence-electron chi connectivity index (χ1n) is 5.20. The zero-order valence-corrected chi connectivity index (χ0v) is 10.3. The minimum absolute atomic E-state index is 0.0466. The summed E-state index contributed by atoms with van der Waals surface area (Å²) in [5, 5.41) is 0. The molecule has 5 heteroatoms. The van der Waals surface area contributed by atoms with Gasteiger partial charge in [0.2, 0.25) is 5.88 Å². The third-order valence-corrected chi connectivity index (χ3v) is 3.48. The van der Waals surface area contributed by atoms with Gasteiger partial charge in [0.05, 0.1) is 0 Å². The second-order valence-electron chi connectivity index (χ2n) is 3.48. The highest BCUT2D eigenvalue weighted by molar-refractivity contribution is 7.87. The lowest BCUT2D eigenvalue weighted by Gasteiger charge is -2.05. The van der Waals surface area contributed by atoms with Gasteiger partial charge >= 0.3 is 10.1 Å². The van der Waals surface area contributed by atoms with Crippen LogP contribution in [0.4, 0.5) is 0 Å². The largest absolute Gasteiger partial charge is 0.358 e. The molecule has 0 atom stereocenters. The number of pyridine rings is 1. The van der Waals surface area contributed by atoms with Crippen molar-refractivity contribution in [1.82, 2.24) is 4.98 Å². The van der Waals surface area contributed by atoms with Crippen LogP contribution in [0.15, 0.2) is 60.1 Å². The van der Waals surface area contributed by atoms with E-state index in [4.69, 9.17) is 4.18 Å². The summed E-state index contributed by atoms with van der Waals surface area (Å²) in [6, 6.07) is 11.1. The maximum atomic E-state index is 11.9. The van der Waals surface area contributed by atoms with Gasteiger partial charge in [0.15, 0.2) is 0 Å². The molecule has 0 radical (unpaired) electrons. The highest BCUT2D eigenvalue weighted by Gasteiger charge is 2.16. The smallest absolute Gasteiger partial charge is 0.340 e. The molecule has 2 aromatic rings. The van der Waals surface area contributed by atoms with E-state index in [1.165, 1.54) is 24.4 Å². The standard InChI is InChI=1S/C13H11NO3S/c1-2-11-6-8-12(9-7-11)18(15,16)17-13-5-3-4-10-14-13/h2-10H,1H2. The lowest BCUT2D eigenvalue weighted by molar-refractivity contribution is 0.476. The fourth-order valence-corrected chi connectivity index (χ4v) is 2.22. The monoisotopic (exact) mass is 261 g/mol. The Bertz CT molecular complexity index is 634. The minimum atomic E-state index is -3.84. The van der Waals surface area contributed by atoms with Gasteiger partial charge in [-0.2, -0.15) is 8.42 Å². The predicted molar refractivity (Wildman–Crippen MR) is 68.6 cm³/mol. The van der Waals surface area contributed by atoms with Gasteiger partial charge in [-0.3, -0.25) is 0 Å². The molecule has 0 spiro atoms. The van der Waals surface area contributed by atoms with E-state index in [1.54, 1.807) is 30.3 Å². The quantitative estimate of drug-likeness (QED) is 0.793. The average molecular weight is 261 g/mol. The molecule has 0 aliphatic carbocycles. The van der Waals surface area contributed by atoms with Crippen LogP contribution < -0.4 is 4.18 Å². The van der Waals surface area contributed by atoms with Gasteiger partial charge in [-0.25, -0.2) is 4.98 Å². The third kappa shape index (κ3) is 2.75. The maximum absolute atomic E-state index is 11.9. The van der Waals surface area contributed by atoms with Crippen LogP contribution in [0.25, 0.3) is 6.08 Å². The van der Waals surface area contributed by atoms with E-state index in [0.717, 1.165) is 5.56 Å². The lowest BCUT2D eigenvalue weighted by Crippen LogP contribution is -2.10. The molecular formula is C13H11NO3S. The molecule has 0 saturated heterocycles. The van der Waals surface area contributed by atoms with Crippen molar-refractivity contribution in [3.63, 3.8) is 0 Å². The topological polar surface area (TPSA) is 56.3 Å². The summed E-state index contributed by atoms with van der Waals surface area (Å²) < 4.78 is 28.7. The second kappa shape index (κ2) is 5.01. The van der Waals surface area contributed by atoms with Crippen molar-refractivity contribution in [1.29, 1.82) is 0 Å². The molecule has 0 N–H and O–H groups in total. The van der Waals surface area contributed by atoms with Gasteiger partial charge < -0.3 is 4.18 Å². The van der Waals surface area contributed by atoms with E-state index < -0.39 is 10.1 Å². The van der Waals surface area contributed by atoms with Crippen LogP contribution in [0.3, 0.4) is 0 Å². The molecule has 0 aliphatic heterocycles. The van der Waals surface area contributed by atoms with Crippen LogP contribution in [-0.4, -0.2) is 13.4 Å². The van der Waals surface area contributed by atoms with Gasteiger partial charge in [-0.05, 0) is 23.8 Å². The van der Waals surface area contributed by atoms with Crippen molar-refractivity contribution in [2.45, 2.75) is 4.90 Å². The molecule has 0 fully saturated rings. The Kier molecular flexibility index (Phi) is 3.43.